The summed E-state index contributed by atoms with van der Waals surface area (Å²) in [6.45, 7) is 3.66. The van der Waals surface area contributed by atoms with E-state index in [9.17, 15) is 23.3 Å². The van der Waals surface area contributed by atoms with Gasteiger partial charge in [0.2, 0.25) is 15.9 Å². The fourth-order valence-corrected chi connectivity index (χ4v) is 6.34. The number of aromatic nitrogens is 2. The second kappa shape index (κ2) is 9.94. The van der Waals surface area contributed by atoms with Crippen LogP contribution in [0.25, 0.3) is 5.69 Å². The lowest BCUT2D eigenvalue weighted by molar-refractivity contribution is -0.385. The van der Waals surface area contributed by atoms with Crippen molar-refractivity contribution < 1.29 is 22.9 Å². The molecule has 2 saturated heterocycles. The van der Waals surface area contributed by atoms with Crippen LogP contribution in [0.1, 0.15) is 41.7 Å². The van der Waals surface area contributed by atoms with E-state index in [1.807, 2.05) is 18.2 Å². The van der Waals surface area contributed by atoms with Crippen molar-refractivity contribution in [3.63, 3.8) is 0 Å². The molecule has 3 heterocycles. The van der Waals surface area contributed by atoms with E-state index in [2.05, 4.69) is 5.10 Å². The van der Waals surface area contributed by atoms with Gasteiger partial charge in [-0.3, -0.25) is 14.9 Å². The van der Waals surface area contributed by atoms with Gasteiger partial charge in [0, 0.05) is 43.9 Å². The van der Waals surface area contributed by atoms with Crippen molar-refractivity contribution in [1.29, 1.82) is 0 Å². The average molecular weight is 526 g/mol. The van der Waals surface area contributed by atoms with Crippen LogP contribution in [-0.2, 0) is 10.0 Å². The maximum Gasteiger partial charge on any atom is 0.274 e. The lowest BCUT2D eigenvalue weighted by atomic mass is 10.2. The highest BCUT2D eigenvalue weighted by Gasteiger charge is 2.33. The van der Waals surface area contributed by atoms with Gasteiger partial charge in [0.25, 0.3) is 11.6 Å². The number of hydrogen-bond donors (Lipinski definition) is 0. The predicted molar refractivity (Wildman–Crippen MR) is 135 cm³/mol. The molecule has 1 amide bonds. The van der Waals surface area contributed by atoms with Crippen LogP contribution in [0, 0.1) is 17.0 Å². The summed E-state index contributed by atoms with van der Waals surface area (Å²) in [7, 11) is -4.06. The van der Waals surface area contributed by atoms with Gasteiger partial charge in [-0.25, -0.2) is 8.42 Å². The molecule has 0 bridgehead atoms. The molecule has 2 aliphatic rings. The Bertz CT molecular complexity index is 1440. The highest BCUT2D eigenvalue weighted by atomic mass is 32.2. The molecule has 0 saturated carbocycles. The third-order valence-electron chi connectivity index (χ3n) is 6.69. The van der Waals surface area contributed by atoms with Crippen LogP contribution in [0.3, 0.4) is 0 Å². The Labute approximate surface area is 214 Å². The summed E-state index contributed by atoms with van der Waals surface area (Å²) >= 11 is 0. The number of nitrogens with zero attached hydrogens (tertiary/aromatic N) is 5. The molecule has 11 nitrogen and oxygen atoms in total. The van der Waals surface area contributed by atoms with E-state index in [1.54, 1.807) is 24.0 Å². The van der Waals surface area contributed by atoms with E-state index in [0.29, 0.717) is 50.3 Å². The number of ether oxygens (including phenoxy) is 1. The first-order valence-corrected chi connectivity index (χ1v) is 13.6. The van der Waals surface area contributed by atoms with Gasteiger partial charge in [-0.15, -0.1) is 0 Å². The molecule has 0 N–H and O–H groups in total. The van der Waals surface area contributed by atoms with Crippen LogP contribution < -0.4 is 4.74 Å². The van der Waals surface area contributed by atoms with Gasteiger partial charge >= 0.3 is 0 Å². The zero-order valence-electron chi connectivity index (χ0n) is 20.4. The predicted octanol–water partition coefficient (Wildman–Crippen LogP) is 3.90. The van der Waals surface area contributed by atoms with E-state index >= 15 is 0 Å². The minimum absolute atomic E-state index is 0.0714. The molecular formula is C25H27N5O6S. The molecule has 2 aromatic carbocycles. The Morgan fingerprint density at radius 1 is 1.00 bits per heavy atom. The molecule has 37 heavy (non-hydrogen) atoms. The Kier molecular flexibility index (Phi) is 6.69. The van der Waals surface area contributed by atoms with Gasteiger partial charge in [0.05, 0.1) is 10.6 Å². The van der Waals surface area contributed by atoms with E-state index in [1.165, 1.54) is 21.1 Å². The standard InChI is InChI=1S/C25H27N5O6S/c1-18-23(24(31)27-13-5-6-14-27)26-29(19-9-3-2-4-10-19)25(18)36-21-12-11-20(30(32)33)17-22(21)37(34,35)28-15-7-8-16-28/h2-4,9-12,17H,5-8,13-16H2,1H3. The summed E-state index contributed by atoms with van der Waals surface area (Å²) in [5, 5.41) is 16.0. The summed E-state index contributed by atoms with van der Waals surface area (Å²) in [6, 6.07) is 12.6. The van der Waals surface area contributed by atoms with Crippen molar-refractivity contribution in [3.8, 4) is 17.3 Å². The fourth-order valence-electron chi connectivity index (χ4n) is 4.69. The zero-order valence-corrected chi connectivity index (χ0v) is 21.2. The highest BCUT2D eigenvalue weighted by Crippen LogP contribution is 2.37. The summed E-state index contributed by atoms with van der Waals surface area (Å²) in [5.41, 5.74) is 0.922. The van der Waals surface area contributed by atoms with Gasteiger partial charge in [-0.2, -0.15) is 14.1 Å². The lowest BCUT2D eigenvalue weighted by Crippen LogP contribution is -2.28. The summed E-state index contributed by atoms with van der Waals surface area (Å²) in [4.78, 5) is 25.5. The third kappa shape index (κ3) is 4.69. The number of non-ortho nitro benzene ring substituents is 1. The topological polar surface area (TPSA) is 128 Å². The smallest absolute Gasteiger partial charge is 0.274 e. The molecule has 0 aliphatic carbocycles. The Hall–Kier alpha value is -3.77. The molecule has 2 aliphatic heterocycles. The number of likely N-dealkylation sites (tertiary alicyclic amines) is 1. The Morgan fingerprint density at radius 3 is 2.30 bits per heavy atom. The van der Waals surface area contributed by atoms with Crippen LogP contribution in [0.15, 0.2) is 53.4 Å². The minimum atomic E-state index is -4.06. The first-order chi connectivity index (χ1) is 17.8. The second-order valence-corrected chi connectivity index (χ2v) is 11.0. The van der Waals surface area contributed by atoms with Crippen molar-refractivity contribution in [2.24, 2.45) is 0 Å². The van der Waals surface area contributed by atoms with Crippen molar-refractivity contribution in [1.82, 2.24) is 19.0 Å². The molecule has 1 aromatic heterocycles. The number of sulfonamides is 1. The van der Waals surface area contributed by atoms with E-state index in [4.69, 9.17) is 4.74 Å². The van der Waals surface area contributed by atoms with Crippen LogP contribution in [0.2, 0.25) is 0 Å². The molecular weight excluding hydrogens is 498 g/mol. The molecule has 5 rings (SSSR count). The largest absolute Gasteiger partial charge is 0.437 e. The van der Waals surface area contributed by atoms with E-state index < -0.39 is 14.9 Å². The number of amides is 1. The van der Waals surface area contributed by atoms with Crippen LogP contribution in [0.4, 0.5) is 5.69 Å². The maximum atomic E-state index is 13.5. The van der Waals surface area contributed by atoms with Crippen molar-refractivity contribution >= 4 is 21.6 Å². The monoisotopic (exact) mass is 525 g/mol. The highest BCUT2D eigenvalue weighted by molar-refractivity contribution is 7.89. The molecule has 0 atom stereocenters. The molecule has 194 valence electrons. The number of nitro benzene ring substituents is 1. The van der Waals surface area contributed by atoms with Gasteiger partial charge in [-0.05, 0) is 50.8 Å². The van der Waals surface area contributed by atoms with Crippen LogP contribution in [-0.4, -0.2) is 64.4 Å². The first kappa shape index (κ1) is 24.9. The summed E-state index contributed by atoms with van der Waals surface area (Å²) in [6.07, 6.45) is 3.28. The number of benzene rings is 2. The van der Waals surface area contributed by atoms with Crippen LogP contribution in [0.5, 0.6) is 11.6 Å². The second-order valence-electron chi connectivity index (χ2n) is 9.13. The quantitative estimate of drug-likeness (QED) is 0.338. The minimum Gasteiger partial charge on any atom is -0.437 e. The number of rotatable bonds is 7. The molecule has 2 fully saturated rings. The molecule has 0 radical (unpaired) electrons. The van der Waals surface area contributed by atoms with E-state index in [-0.39, 0.29) is 33.8 Å². The number of carbonyl (C=O) groups is 1. The Balaban J connectivity index is 1.63. The van der Waals surface area contributed by atoms with Crippen LogP contribution >= 0.6 is 0 Å². The lowest BCUT2D eigenvalue weighted by Gasteiger charge is -2.18. The Morgan fingerprint density at radius 2 is 1.65 bits per heavy atom. The molecule has 0 spiro atoms. The average Bonchev–Trinajstić information content (AvgIpc) is 3.67. The van der Waals surface area contributed by atoms with E-state index in [0.717, 1.165) is 18.9 Å². The summed E-state index contributed by atoms with van der Waals surface area (Å²) in [5.74, 6) is -0.124. The zero-order chi connectivity index (χ0) is 26.2. The van der Waals surface area contributed by atoms with Crippen molar-refractivity contribution in [3.05, 3.63) is 69.9 Å². The third-order valence-corrected chi connectivity index (χ3v) is 8.61. The number of nitro groups is 1. The maximum absolute atomic E-state index is 13.5. The number of carbonyl (C=O) groups excluding carboxylic acids is 1. The molecule has 3 aromatic rings. The first-order valence-electron chi connectivity index (χ1n) is 12.2. The van der Waals surface area contributed by atoms with Gasteiger partial charge in [0.15, 0.2) is 5.69 Å². The van der Waals surface area contributed by atoms with Gasteiger partial charge < -0.3 is 9.64 Å². The number of para-hydroxylation sites is 1. The summed E-state index contributed by atoms with van der Waals surface area (Å²) < 4.78 is 35.9. The number of hydrogen-bond acceptors (Lipinski definition) is 7. The molecule has 12 heteroatoms. The van der Waals surface area contributed by atoms with Crippen molar-refractivity contribution in [2.45, 2.75) is 37.5 Å². The normalized spacial score (nSPS) is 16.3. The van der Waals surface area contributed by atoms with Crippen molar-refractivity contribution in [2.75, 3.05) is 26.2 Å². The molecule has 0 unspecified atom stereocenters. The van der Waals surface area contributed by atoms with Gasteiger partial charge in [0.1, 0.15) is 10.6 Å². The fraction of sp³-hybridized carbons (Fsp3) is 0.360. The SMILES string of the molecule is Cc1c(C(=O)N2CCCC2)nn(-c2ccccc2)c1Oc1ccc([N+](=O)[O-])cc1S(=O)(=O)N1CCCC1. The van der Waals surface area contributed by atoms with Gasteiger partial charge in [-0.1, -0.05) is 18.2 Å².